The Morgan fingerprint density at radius 3 is 2.23 bits per heavy atom. The van der Waals surface area contributed by atoms with Crippen molar-refractivity contribution in [3.05, 3.63) is 106 Å². The van der Waals surface area contributed by atoms with E-state index in [0.717, 1.165) is 21.1 Å². The Hall–Kier alpha value is -2.73. The van der Waals surface area contributed by atoms with E-state index in [0.29, 0.717) is 20.8 Å². The Labute approximate surface area is 188 Å². The lowest BCUT2D eigenvalue weighted by molar-refractivity contribution is -0.644. The molecule has 1 N–H and O–H groups in total. The lowest BCUT2D eigenvalue weighted by Gasteiger charge is -2.17. The molecular weight excluding hydrogens is 439 g/mol. The lowest BCUT2D eigenvalue weighted by atomic mass is 10.1. The highest BCUT2D eigenvalue weighted by molar-refractivity contribution is 8.00. The van der Waals surface area contributed by atoms with Gasteiger partial charge in [-0.05, 0) is 47.0 Å². The van der Waals surface area contributed by atoms with Crippen LogP contribution in [0.4, 0.5) is 5.69 Å². The van der Waals surface area contributed by atoms with Gasteiger partial charge in [0.1, 0.15) is 5.25 Å². The number of carbonyl (C=O) groups is 1. The van der Waals surface area contributed by atoms with Crippen LogP contribution in [0.15, 0.2) is 90.1 Å². The maximum Gasteiger partial charge on any atom is 0.253 e. The van der Waals surface area contributed by atoms with Crippen molar-refractivity contribution in [1.82, 2.24) is 0 Å². The number of aromatic nitrogens is 1. The molecule has 0 fully saturated rings. The van der Waals surface area contributed by atoms with E-state index in [-0.39, 0.29) is 5.91 Å². The summed E-state index contributed by atoms with van der Waals surface area (Å²) in [6.45, 7) is 0. The summed E-state index contributed by atoms with van der Waals surface area (Å²) in [5.41, 5.74) is 1.27. The normalized spacial score (nSPS) is 11.9. The third kappa shape index (κ3) is 4.70. The summed E-state index contributed by atoms with van der Waals surface area (Å²) in [4.78, 5) is 13.2. The van der Waals surface area contributed by atoms with Gasteiger partial charge in [-0.2, -0.15) is 4.73 Å². The van der Waals surface area contributed by atoms with Crippen molar-refractivity contribution in [2.24, 2.45) is 0 Å². The van der Waals surface area contributed by atoms with E-state index in [1.54, 1.807) is 24.3 Å². The first-order chi connectivity index (χ1) is 14.5. The van der Waals surface area contributed by atoms with Gasteiger partial charge in [-0.1, -0.05) is 71.7 Å². The van der Waals surface area contributed by atoms with Crippen molar-refractivity contribution >= 4 is 57.3 Å². The van der Waals surface area contributed by atoms with Gasteiger partial charge in [0, 0.05) is 27.2 Å². The largest absolute Gasteiger partial charge is 0.618 e. The molecule has 1 heterocycles. The van der Waals surface area contributed by atoms with Crippen LogP contribution in [0.1, 0.15) is 10.8 Å². The number of amides is 1. The number of carbonyl (C=O) groups excluding carboxylic acids is 1. The van der Waals surface area contributed by atoms with Crippen LogP contribution in [0.25, 0.3) is 10.8 Å². The molecule has 150 valence electrons. The predicted molar refractivity (Wildman–Crippen MR) is 123 cm³/mol. The Morgan fingerprint density at radius 1 is 0.900 bits per heavy atom. The molecule has 4 nitrogen and oxygen atoms in total. The van der Waals surface area contributed by atoms with Crippen LogP contribution in [0.5, 0.6) is 0 Å². The zero-order valence-electron chi connectivity index (χ0n) is 15.6. The first-order valence-corrected chi connectivity index (χ1v) is 10.7. The fourth-order valence-corrected chi connectivity index (χ4v) is 4.67. The number of fused-ring (bicyclic) bond motifs is 1. The van der Waals surface area contributed by atoms with E-state index in [1.165, 1.54) is 18.0 Å². The van der Waals surface area contributed by atoms with Crippen molar-refractivity contribution in [3.63, 3.8) is 0 Å². The Morgan fingerprint density at radius 2 is 1.53 bits per heavy atom. The fourth-order valence-electron chi connectivity index (χ4n) is 3.09. The van der Waals surface area contributed by atoms with E-state index in [1.807, 2.05) is 54.6 Å². The van der Waals surface area contributed by atoms with Gasteiger partial charge in [-0.15, -0.1) is 0 Å². The fraction of sp³-hybridized carbons (Fsp3) is 0.0435. The molecular formula is C23H16Cl2N2O2S. The summed E-state index contributed by atoms with van der Waals surface area (Å²) in [6.07, 6.45) is 1.52. The van der Waals surface area contributed by atoms with E-state index >= 15 is 0 Å². The zero-order chi connectivity index (χ0) is 21.1. The lowest BCUT2D eigenvalue weighted by Crippen LogP contribution is -2.29. The van der Waals surface area contributed by atoms with E-state index in [2.05, 4.69) is 5.32 Å². The minimum absolute atomic E-state index is 0.280. The van der Waals surface area contributed by atoms with Crippen molar-refractivity contribution < 1.29 is 9.52 Å². The van der Waals surface area contributed by atoms with Crippen molar-refractivity contribution in [2.45, 2.75) is 10.3 Å². The number of anilines is 1. The summed E-state index contributed by atoms with van der Waals surface area (Å²) >= 11 is 13.3. The van der Waals surface area contributed by atoms with Gasteiger partial charge in [0.15, 0.2) is 6.20 Å². The smallest absolute Gasteiger partial charge is 0.253 e. The van der Waals surface area contributed by atoms with Gasteiger partial charge in [0.05, 0.1) is 0 Å². The second kappa shape index (κ2) is 8.96. The number of hydrogen-bond donors (Lipinski definition) is 1. The Kier molecular flexibility index (Phi) is 6.13. The molecule has 0 aliphatic carbocycles. The number of thioether (sulfide) groups is 1. The highest BCUT2D eigenvalue weighted by Gasteiger charge is 2.26. The molecule has 1 amide bonds. The molecule has 0 saturated heterocycles. The number of nitrogens with one attached hydrogen (secondary N) is 1. The molecule has 0 radical (unpaired) electrons. The van der Waals surface area contributed by atoms with Crippen molar-refractivity contribution in [1.29, 1.82) is 0 Å². The molecule has 4 rings (SSSR count). The van der Waals surface area contributed by atoms with Gasteiger partial charge in [0.25, 0.3) is 5.03 Å². The number of rotatable bonds is 5. The van der Waals surface area contributed by atoms with Crippen LogP contribution < -0.4 is 10.0 Å². The first kappa shape index (κ1) is 20.5. The molecule has 7 heteroatoms. The summed E-state index contributed by atoms with van der Waals surface area (Å²) in [7, 11) is 0. The van der Waals surface area contributed by atoms with Crippen LogP contribution in [0.3, 0.4) is 0 Å². The maximum atomic E-state index is 13.2. The Bertz CT molecular complexity index is 1200. The monoisotopic (exact) mass is 454 g/mol. The molecule has 1 aromatic heterocycles. The van der Waals surface area contributed by atoms with Crippen LogP contribution >= 0.6 is 35.0 Å². The summed E-state index contributed by atoms with van der Waals surface area (Å²) < 4.78 is 0.798. The molecule has 0 spiro atoms. The highest BCUT2D eigenvalue weighted by Crippen LogP contribution is 2.36. The summed E-state index contributed by atoms with van der Waals surface area (Å²) in [5.74, 6) is -0.280. The molecule has 0 saturated carbocycles. The predicted octanol–water partition coefficient (Wildman–Crippen LogP) is 6.25. The topological polar surface area (TPSA) is 56.0 Å². The van der Waals surface area contributed by atoms with Crippen molar-refractivity contribution in [3.8, 4) is 0 Å². The quantitative estimate of drug-likeness (QED) is 0.220. The number of nitrogens with zero attached hydrogens (tertiary/aromatic N) is 1. The number of benzene rings is 3. The highest BCUT2D eigenvalue weighted by atomic mass is 35.5. The molecule has 4 aromatic rings. The van der Waals surface area contributed by atoms with Crippen LogP contribution in [0.2, 0.25) is 10.0 Å². The third-order valence-electron chi connectivity index (χ3n) is 4.46. The van der Waals surface area contributed by atoms with Crippen LogP contribution in [-0.2, 0) is 4.79 Å². The molecule has 0 aliphatic heterocycles. The summed E-state index contributed by atoms with van der Waals surface area (Å²) in [5, 5.41) is 17.9. The van der Waals surface area contributed by atoms with E-state index in [9.17, 15) is 10.0 Å². The SMILES string of the molecule is O=C(Nc1cc(Cl)cc(Cl)c1)C(Sc1cc2ccccc2c[n+]1[O-])c1ccccc1. The minimum Gasteiger partial charge on any atom is -0.618 e. The van der Waals surface area contributed by atoms with E-state index < -0.39 is 5.25 Å². The number of hydrogen-bond acceptors (Lipinski definition) is 3. The average Bonchev–Trinajstić information content (AvgIpc) is 2.72. The Balaban J connectivity index is 1.68. The summed E-state index contributed by atoms with van der Waals surface area (Å²) in [6, 6.07) is 23.6. The average molecular weight is 455 g/mol. The molecule has 3 aromatic carbocycles. The van der Waals surface area contributed by atoms with Gasteiger partial charge >= 0.3 is 0 Å². The number of pyridine rings is 1. The first-order valence-electron chi connectivity index (χ1n) is 9.10. The van der Waals surface area contributed by atoms with Gasteiger partial charge in [-0.3, -0.25) is 4.79 Å². The molecule has 30 heavy (non-hydrogen) atoms. The molecule has 1 atom stereocenters. The molecule has 1 unspecified atom stereocenters. The van der Waals surface area contributed by atoms with Gasteiger partial charge in [-0.25, -0.2) is 0 Å². The minimum atomic E-state index is -0.648. The van der Waals surface area contributed by atoms with Crippen LogP contribution in [0, 0.1) is 5.21 Å². The van der Waals surface area contributed by atoms with Gasteiger partial charge < -0.3 is 10.5 Å². The van der Waals surface area contributed by atoms with E-state index in [4.69, 9.17) is 23.2 Å². The van der Waals surface area contributed by atoms with Crippen molar-refractivity contribution in [2.75, 3.05) is 5.32 Å². The standard InChI is InChI=1S/C23H16Cl2N2O2S/c24-18-11-19(25)13-20(12-18)26-23(28)22(15-6-2-1-3-7-15)30-21-10-16-8-4-5-9-17(16)14-27(21)29/h1-14,22H,(H,26,28). The molecule has 0 bridgehead atoms. The van der Waals surface area contributed by atoms with Gasteiger partial charge in [0.2, 0.25) is 5.91 Å². The number of halogens is 2. The maximum absolute atomic E-state index is 13.2. The third-order valence-corrected chi connectivity index (χ3v) is 6.16. The second-order valence-electron chi connectivity index (χ2n) is 6.62. The van der Waals surface area contributed by atoms with Crippen LogP contribution in [-0.4, -0.2) is 5.91 Å². The second-order valence-corrected chi connectivity index (χ2v) is 8.62. The molecule has 0 aliphatic rings. The zero-order valence-corrected chi connectivity index (χ0v) is 17.9.